The highest BCUT2D eigenvalue weighted by atomic mass is 35.5. The summed E-state index contributed by atoms with van der Waals surface area (Å²) in [6.07, 6.45) is 0. The molecule has 0 aliphatic heterocycles. The second-order valence-corrected chi connectivity index (χ2v) is 4.75. The monoisotopic (exact) mass is 308 g/mol. The first-order valence-corrected chi connectivity index (χ1v) is 6.46. The molecular weight excluding hydrogens is 296 g/mol. The Kier molecular flexibility index (Phi) is 4.49. The maximum absolute atomic E-state index is 11.8. The van der Waals surface area contributed by atoms with Crippen LogP contribution in [0.1, 0.15) is 21.9 Å². The number of amides is 2. The summed E-state index contributed by atoms with van der Waals surface area (Å²) in [5.74, 6) is 0.200. The van der Waals surface area contributed by atoms with E-state index >= 15 is 0 Å². The van der Waals surface area contributed by atoms with Crippen molar-refractivity contribution in [2.45, 2.75) is 13.5 Å². The molecule has 110 valence electrons. The third kappa shape index (κ3) is 4.00. The van der Waals surface area contributed by atoms with E-state index in [0.717, 1.165) is 5.76 Å². The lowest BCUT2D eigenvalue weighted by Gasteiger charge is -2.09. The zero-order chi connectivity index (χ0) is 15.4. The summed E-state index contributed by atoms with van der Waals surface area (Å²) in [6.45, 7) is 2.00. The van der Waals surface area contributed by atoms with Crippen LogP contribution in [0.15, 0.2) is 34.7 Å². The Hall–Kier alpha value is -2.47. The van der Waals surface area contributed by atoms with Crippen LogP contribution < -0.4 is 10.6 Å². The maximum atomic E-state index is 11.8. The Balaban J connectivity index is 2.02. The Morgan fingerprint density at radius 1 is 1.29 bits per heavy atom. The molecule has 0 aliphatic rings. The molecule has 0 radical (unpaired) electrons. The first kappa shape index (κ1) is 14.9. The van der Waals surface area contributed by atoms with E-state index in [1.807, 2.05) is 0 Å². The second-order valence-electron chi connectivity index (χ2n) is 4.32. The summed E-state index contributed by atoms with van der Waals surface area (Å²) in [7, 11) is 0. The van der Waals surface area contributed by atoms with Crippen LogP contribution in [0.3, 0.4) is 0 Å². The zero-order valence-electron chi connectivity index (χ0n) is 11.1. The predicted molar refractivity (Wildman–Crippen MR) is 77.7 cm³/mol. The minimum Gasteiger partial charge on any atom is -0.478 e. The van der Waals surface area contributed by atoms with Crippen LogP contribution in [-0.2, 0) is 6.54 Å². The lowest BCUT2D eigenvalue weighted by atomic mass is 10.2. The van der Waals surface area contributed by atoms with E-state index in [-0.39, 0.29) is 17.8 Å². The largest absolute Gasteiger partial charge is 0.478 e. The molecule has 0 spiro atoms. The van der Waals surface area contributed by atoms with Crippen molar-refractivity contribution in [2.75, 3.05) is 5.32 Å². The molecule has 1 aromatic heterocycles. The molecule has 0 saturated heterocycles. The molecule has 2 rings (SSSR count). The van der Waals surface area contributed by atoms with Gasteiger partial charge in [-0.3, -0.25) is 0 Å². The molecule has 3 N–H and O–H groups in total. The number of carboxylic acids is 1. The fraction of sp³-hybridized carbons (Fsp3) is 0.143. The number of anilines is 1. The van der Waals surface area contributed by atoms with Gasteiger partial charge in [0.1, 0.15) is 11.5 Å². The van der Waals surface area contributed by atoms with E-state index < -0.39 is 12.0 Å². The average Bonchev–Trinajstić information content (AvgIpc) is 2.82. The van der Waals surface area contributed by atoms with E-state index in [9.17, 15) is 9.59 Å². The van der Waals surface area contributed by atoms with E-state index in [1.165, 1.54) is 18.2 Å². The van der Waals surface area contributed by atoms with Gasteiger partial charge in [0.05, 0.1) is 17.8 Å². The molecule has 0 unspecified atom stereocenters. The van der Waals surface area contributed by atoms with Crippen molar-refractivity contribution in [3.05, 3.63) is 52.4 Å². The number of hydrogen-bond donors (Lipinski definition) is 3. The molecular formula is C14H13ClN2O4. The van der Waals surface area contributed by atoms with Crippen molar-refractivity contribution in [1.82, 2.24) is 5.32 Å². The average molecular weight is 309 g/mol. The van der Waals surface area contributed by atoms with Gasteiger partial charge >= 0.3 is 12.0 Å². The lowest BCUT2D eigenvalue weighted by molar-refractivity contribution is 0.0698. The van der Waals surface area contributed by atoms with Gasteiger partial charge in [0.15, 0.2) is 0 Å². The molecule has 7 heteroatoms. The number of aromatic carboxylic acids is 1. The van der Waals surface area contributed by atoms with Gasteiger partial charge in [0.25, 0.3) is 0 Å². The number of furan rings is 1. The number of carbonyl (C=O) groups excluding carboxylic acids is 1. The smallest absolute Gasteiger partial charge is 0.337 e. The Morgan fingerprint density at radius 2 is 2.05 bits per heavy atom. The number of rotatable bonds is 4. The summed E-state index contributed by atoms with van der Waals surface area (Å²) in [4.78, 5) is 22.8. The van der Waals surface area contributed by atoms with Crippen LogP contribution in [0.2, 0.25) is 5.02 Å². The van der Waals surface area contributed by atoms with Crippen molar-refractivity contribution in [1.29, 1.82) is 0 Å². The van der Waals surface area contributed by atoms with Crippen molar-refractivity contribution in [3.8, 4) is 0 Å². The Bertz CT molecular complexity index is 681. The zero-order valence-corrected chi connectivity index (χ0v) is 11.9. The minimum absolute atomic E-state index is 0.0385. The lowest BCUT2D eigenvalue weighted by Crippen LogP contribution is -2.28. The third-order valence-corrected chi connectivity index (χ3v) is 2.91. The molecule has 0 aliphatic carbocycles. The highest BCUT2D eigenvalue weighted by Gasteiger charge is 2.13. The standard InChI is InChI=1S/C14H13ClN2O4/c1-8-2-4-10(21-8)7-16-14(20)17-12-6-9(15)3-5-11(12)13(18)19/h2-6H,7H2,1H3,(H,18,19)(H2,16,17,20). The number of urea groups is 1. The van der Waals surface area contributed by atoms with Crippen LogP contribution in [0.25, 0.3) is 0 Å². The molecule has 0 bridgehead atoms. The van der Waals surface area contributed by atoms with Gasteiger partial charge in [-0.15, -0.1) is 0 Å². The highest BCUT2D eigenvalue weighted by Crippen LogP contribution is 2.21. The minimum atomic E-state index is -1.15. The molecule has 0 atom stereocenters. The van der Waals surface area contributed by atoms with Crippen LogP contribution in [0.5, 0.6) is 0 Å². The molecule has 21 heavy (non-hydrogen) atoms. The van der Waals surface area contributed by atoms with Gasteiger partial charge in [-0.05, 0) is 37.3 Å². The third-order valence-electron chi connectivity index (χ3n) is 2.68. The van der Waals surface area contributed by atoms with Crippen LogP contribution in [0.4, 0.5) is 10.5 Å². The SMILES string of the molecule is Cc1ccc(CNC(=O)Nc2cc(Cl)ccc2C(=O)O)o1. The molecule has 6 nitrogen and oxygen atoms in total. The summed E-state index contributed by atoms with van der Waals surface area (Å²) in [5, 5.41) is 14.4. The van der Waals surface area contributed by atoms with Crippen molar-refractivity contribution >= 4 is 29.3 Å². The van der Waals surface area contributed by atoms with Gasteiger partial charge in [0, 0.05) is 5.02 Å². The fourth-order valence-electron chi connectivity index (χ4n) is 1.72. The molecule has 0 fully saturated rings. The quantitative estimate of drug-likeness (QED) is 0.808. The van der Waals surface area contributed by atoms with Crippen LogP contribution >= 0.6 is 11.6 Å². The topological polar surface area (TPSA) is 91.6 Å². The summed E-state index contributed by atoms with van der Waals surface area (Å²) in [5.41, 5.74) is 0.0894. The van der Waals surface area contributed by atoms with Crippen LogP contribution in [0, 0.1) is 6.92 Å². The Morgan fingerprint density at radius 3 is 2.67 bits per heavy atom. The summed E-state index contributed by atoms with van der Waals surface area (Å²) < 4.78 is 5.31. The number of benzene rings is 1. The van der Waals surface area contributed by atoms with E-state index in [4.69, 9.17) is 21.1 Å². The number of aryl methyl sites for hydroxylation is 1. The first-order chi connectivity index (χ1) is 9.95. The normalized spacial score (nSPS) is 10.2. The molecule has 1 heterocycles. The van der Waals surface area contributed by atoms with Crippen molar-refractivity contribution < 1.29 is 19.1 Å². The number of halogens is 1. The van der Waals surface area contributed by atoms with E-state index in [1.54, 1.807) is 19.1 Å². The Labute approximate surface area is 125 Å². The predicted octanol–water partition coefficient (Wildman–Crippen LogP) is 3.26. The van der Waals surface area contributed by atoms with Crippen molar-refractivity contribution in [2.24, 2.45) is 0 Å². The first-order valence-electron chi connectivity index (χ1n) is 6.08. The van der Waals surface area contributed by atoms with Gasteiger partial charge in [0.2, 0.25) is 0 Å². The second kappa shape index (κ2) is 6.32. The fourth-order valence-corrected chi connectivity index (χ4v) is 1.89. The van der Waals surface area contributed by atoms with Gasteiger partial charge < -0.3 is 20.2 Å². The highest BCUT2D eigenvalue weighted by molar-refractivity contribution is 6.31. The summed E-state index contributed by atoms with van der Waals surface area (Å²) in [6, 6.07) is 7.14. The van der Waals surface area contributed by atoms with E-state index in [2.05, 4.69) is 10.6 Å². The molecule has 2 amide bonds. The summed E-state index contributed by atoms with van der Waals surface area (Å²) >= 11 is 5.80. The molecule has 1 aromatic carbocycles. The van der Waals surface area contributed by atoms with Crippen molar-refractivity contribution in [3.63, 3.8) is 0 Å². The number of carbonyl (C=O) groups is 2. The maximum Gasteiger partial charge on any atom is 0.337 e. The van der Waals surface area contributed by atoms with Gasteiger partial charge in [-0.1, -0.05) is 11.6 Å². The van der Waals surface area contributed by atoms with E-state index in [0.29, 0.717) is 10.8 Å². The van der Waals surface area contributed by atoms with Gasteiger partial charge in [-0.2, -0.15) is 0 Å². The molecule has 2 aromatic rings. The molecule has 0 saturated carbocycles. The number of nitrogens with one attached hydrogen (secondary N) is 2. The van der Waals surface area contributed by atoms with Crippen LogP contribution in [-0.4, -0.2) is 17.1 Å². The van der Waals surface area contributed by atoms with Gasteiger partial charge in [-0.25, -0.2) is 9.59 Å². The number of hydrogen-bond acceptors (Lipinski definition) is 3. The number of carboxylic acid groups (broad SMARTS) is 1.